The van der Waals surface area contributed by atoms with Crippen LogP contribution in [0.2, 0.25) is 5.02 Å². The summed E-state index contributed by atoms with van der Waals surface area (Å²) in [6.07, 6.45) is -0.0649. The zero-order chi connectivity index (χ0) is 20.4. The van der Waals surface area contributed by atoms with Crippen LogP contribution in [-0.4, -0.2) is 31.6 Å². The molecule has 2 aromatic rings. The molecule has 7 heteroatoms. The molecule has 1 saturated carbocycles. The average Bonchev–Trinajstić information content (AvgIpc) is 2.68. The Labute approximate surface area is 166 Å². The van der Waals surface area contributed by atoms with E-state index in [9.17, 15) is 18.8 Å². The van der Waals surface area contributed by atoms with E-state index in [0.717, 1.165) is 0 Å². The van der Waals surface area contributed by atoms with Crippen molar-refractivity contribution in [1.29, 1.82) is 0 Å². The maximum atomic E-state index is 13.2. The van der Waals surface area contributed by atoms with Crippen molar-refractivity contribution in [1.82, 2.24) is 5.32 Å². The van der Waals surface area contributed by atoms with E-state index in [2.05, 4.69) is 5.32 Å². The number of Topliss-reactive ketones (excluding diaryl/α,β-unsaturated/α-hetero) is 2. The van der Waals surface area contributed by atoms with Crippen LogP contribution in [0.3, 0.4) is 0 Å². The second-order valence-corrected chi connectivity index (χ2v) is 7.07. The number of hydrogen-bond acceptors (Lipinski definition) is 4. The number of halogens is 2. The normalized spacial score (nSPS) is 19.4. The van der Waals surface area contributed by atoms with E-state index in [1.54, 1.807) is 24.3 Å². The highest BCUT2D eigenvalue weighted by atomic mass is 35.5. The molecule has 5 nitrogen and oxygen atoms in total. The van der Waals surface area contributed by atoms with Gasteiger partial charge in [-0.2, -0.15) is 0 Å². The number of benzene rings is 2. The Morgan fingerprint density at radius 3 is 2.25 bits per heavy atom. The standard InChI is InChI=1S/C21H19ClFNO4/c1-24-21(27)13-8-16(25)20(17(26)9-13)19-15(22)7-12(10-18(19)28-2)11-3-5-14(23)6-4-11/h3-7,10,13,20H,8-9H2,1-2H3,(H,24,27). The first-order chi connectivity index (χ1) is 13.3. The molecule has 0 saturated heterocycles. The largest absolute Gasteiger partial charge is 0.496 e. The molecule has 28 heavy (non-hydrogen) atoms. The number of methoxy groups -OCH3 is 1. The molecule has 0 radical (unpaired) electrons. The van der Waals surface area contributed by atoms with E-state index in [-0.39, 0.29) is 41.2 Å². The fourth-order valence-electron chi connectivity index (χ4n) is 3.54. The van der Waals surface area contributed by atoms with E-state index in [0.29, 0.717) is 22.4 Å². The quantitative estimate of drug-likeness (QED) is 0.792. The summed E-state index contributed by atoms with van der Waals surface area (Å²) in [6.45, 7) is 0. The molecule has 0 spiro atoms. The molecule has 0 aromatic heterocycles. The number of nitrogens with one attached hydrogen (secondary N) is 1. The highest BCUT2D eigenvalue weighted by Gasteiger charge is 2.41. The summed E-state index contributed by atoms with van der Waals surface area (Å²) in [6, 6.07) is 9.15. The van der Waals surface area contributed by atoms with Crippen LogP contribution in [0, 0.1) is 11.7 Å². The summed E-state index contributed by atoms with van der Waals surface area (Å²) in [4.78, 5) is 37.2. The summed E-state index contributed by atoms with van der Waals surface area (Å²) in [5, 5.41) is 2.68. The van der Waals surface area contributed by atoms with Gasteiger partial charge < -0.3 is 10.1 Å². The molecule has 1 aliphatic rings. The Morgan fingerprint density at radius 1 is 1.11 bits per heavy atom. The maximum Gasteiger partial charge on any atom is 0.223 e. The van der Waals surface area contributed by atoms with Gasteiger partial charge in [-0.1, -0.05) is 23.7 Å². The van der Waals surface area contributed by atoms with Crippen molar-refractivity contribution in [3.8, 4) is 16.9 Å². The molecule has 1 amide bonds. The highest BCUT2D eigenvalue weighted by molar-refractivity contribution is 6.33. The number of rotatable bonds is 4. The molecule has 1 aliphatic carbocycles. The van der Waals surface area contributed by atoms with Crippen LogP contribution in [0.25, 0.3) is 11.1 Å². The minimum Gasteiger partial charge on any atom is -0.496 e. The third kappa shape index (κ3) is 3.78. The Morgan fingerprint density at radius 2 is 1.71 bits per heavy atom. The van der Waals surface area contributed by atoms with Gasteiger partial charge >= 0.3 is 0 Å². The first kappa shape index (κ1) is 20.0. The lowest BCUT2D eigenvalue weighted by atomic mass is 9.76. The van der Waals surface area contributed by atoms with Gasteiger partial charge in [-0.05, 0) is 35.4 Å². The summed E-state index contributed by atoms with van der Waals surface area (Å²) >= 11 is 6.45. The number of hydrogen-bond donors (Lipinski definition) is 1. The van der Waals surface area contributed by atoms with Gasteiger partial charge in [0.25, 0.3) is 0 Å². The van der Waals surface area contributed by atoms with Crippen LogP contribution in [0.5, 0.6) is 5.75 Å². The molecule has 1 N–H and O–H groups in total. The average molecular weight is 404 g/mol. The minimum atomic E-state index is -1.06. The van der Waals surface area contributed by atoms with Crippen LogP contribution >= 0.6 is 11.6 Å². The van der Waals surface area contributed by atoms with Gasteiger partial charge in [0.15, 0.2) is 0 Å². The number of carbonyl (C=O) groups is 3. The number of ketones is 2. The van der Waals surface area contributed by atoms with Gasteiger partial charge in [0, 0.05) is 30.5 Å². The molecular weight excluding hydrogens is 385 g/mol. The fraction of sp³-hybridized carbons (Fsp3) is 0.286. The van der Waals surface area contributed by atoms with Gasteiger partial charge in [0.1, 0.15) is 29.1 Å². The summed E-state index contributed by atoms with van der Waals surface area (Å²) in [5.74, 6) is -2.83. The highest BCUT2D eigenvalue weighted by Crippen LogP contribution is 2.42. The van der Waals surface area contributed by atoms with Crippen molar-refractivity contribution in [3.63, 3.8) is 0 Å². The molecule has 146 valence electrons. The van der Waals surface area contributed by atoms with Gasteiger partial charge in [-0.3, -0.25) is 14.4 Å². The summed E-state index contributed by atoms with van der Waals surface area (Å²) in [7, 11) is 2.90. The van der Waals surface area contributed by atoms with Crippen molar-refractivity contribution in [2.45, 2.75) is 18.8 Å². The third-order valence-corrected chi connectivity index (χ3v) is 5.25. The predicted octanol–water partition coefficient (Wildman–Crippen LogP) is 3.53. The van der Waals surface area contributed by atoms with Crippen LogP contribution in [0.1, 0.15) is 24.3 Å². The molecular formula is C21H19ClFNO4. The van der Waals surface area contributed by atoms with Gasteiger partial charge in [-0.25, -0.2) is 4.39 Å². The van der Waals surface area contributed by atoms with E-state index in [1.807, 2.05) is 0 Å². The van der Waals surface area contributed by atoms with Crippen LogP contribution in [0.15, 0.2) is 36.4 Å². The Hall–Kier alpha value is -2.73. The molecule has 0 unspecified atom stereocenters. The Kier molecular flexibility index (Phi) is 5.79. The van der Waals surface area contributed by atoms with E-state index < -0.39 is 11.8 Å². The van der Waals surface area contributed by atoms with Crippen LogP contribution in [-0.2, 0) is 14.4 Å². The summed E-state index contributed by atoms with van der Waals surface area (Å²) < 4.78 is 18.6. The molecule has 2 aromatic carbocycles. The maximum absolute atomic E-state index is 13.2. The van der Waals surface area contributed by atoms with Gasteiger partial charge in [-0.15, -0.1) is 0 Å². The summed E-state index contributed by atoms with van der Waals surface area (Å²) in [5.41, 5.74) is 1.69. The topological polar surface area (TPSA) is 72.5 Å². The first-order valence-corrected chi connectivity index (χ1v) is 9.14. The fourth-order valence-corrected chi connectivity index (χ4v) is 3.86. The molecule has 0 heterocycles. The number of amides is 1. The van der Waals surface area contributed by atoms with Crippen molar-refractivity contribution >= 4 is 29.1 Å². The molecule has 0 atom stereocenters. The van der Waals surface area contributed by atoms with E-state index >= 15 is 0 Å². The smallest absolute Gasteiger partial charge is 0.223 e. The predicted molar refractivity (Wildman–Crippen MR) is 103 cm³/mol. The minimum absolute atomic E-state index is 0.0325. The van der Waals surface area contributed by atoms with E-state index in [1.165, 1.54) is 26.3 Å². The molecule has 3 rings (SSSR count). The lowest BCUT2D eigenvalue weighted by Gasteiger charge is -2.27. The van der Waals surface area contributed by atoms with Crippen LogP contribution < -0.4 is 10.1 Å². The third-order valence-electron chi connectivity index (χ3n) is 4.93. The van der Waals surface area contributed by atoms with E-state index in [4.69, 9.17) is 16.3 Å². The van der Waals surface area contributed by atoms with Gasteiger partial charge in [0.05, 0.1) is 13.0 Å². The lowest BCUT2D eigenvalue weighted by molar-refractivity contribution is -0.139. The van der Waals surface area contributed by atoms with Crippen molar-refractivity contribution in [2.24, 2.45) is 5.92 Å². The zero-order valence-corrected chi connectivity index (χ0v) is 16.2. The molecule has 0 bridgehead atoms. The second kappa shape index (κ2) is 8.10. The van der Waals surface area contributed by atoms with Crippen molar-refractivity contribution in [2.75, 3.05) is 14.2 Å². The first-order valence-electron chi connectivity index (χ1n) is 8.76. The monoisotopic (exact) mass is 403 g/mol. The Bertz CT molecular complexity index is 924. The van der Waals surface area contributed by atoms with Crippen LogP contribution in [0.4, 0.5) is 4.39 Å². The van der Waals surface area contributed by atoms with Gasteiger partial charge in [0.2, 0.25) is 5.91 Å². The lowest BCUT2D eigenvalue weighted by Crippen LogP contribution is -2.39. The SMILES string of the molecule is CNC(=O)C1CC(=O)C(c2c(Cl)cc(-c3ccc(F)cc3)cc2OC)C(=O)C1. The zero-order valence-electron chi connectivity index (χ0n) is 15.4. The number of ether oxygens (including phenoxy) is 1. The Balaban J connectivity index is 2.00. The number of carbonyl (C=O) groups excluding carboxylic acids is 3. The van der Waals surface area contributed by atoms with Crippen molar-refractivity contribution in [3.05, 3.63) is 52.8 Å². The molecule has 1 fully saturated rings. The van der Waals surface area contributed by atoms with Crippen molar-refractivity contribution < 1.29 is 23.5 Å². The molecule has 0 aliphatic heterocycles. The second-order valence-electron chi connectivity index (χ2n) is 6.67.